The van der Waals surface area contributed by atoms with E-state index < -0.39 is 5.97 Å². The molecule has 1 heterocycles. The van der Waals surface area contributed by atoms with Crippen LogP contribution in [-0.2, 0) is 9.59 Å². The zero-order chi connectivity index (χ0) is 15.0. The molecule has 3 N–H and O–H groups in total. The molecule has 1 atom stereocenters. The number of carboxylic acids is 1. The molecule has 0 radical (unpaired) electrons. The predicted molar refractivity (Wildman–Crippen MR) is 79.3 cm³/mol. The van der Waals surface area contributed by atoms with Crippen LogP contribution in [0.2, 0.25) is 0 Å². The predicted octanol–water partition coefficient (Wildman–Crippen LogP) is 1.43. The summed E-state index contributed by atoms with van der Waals surface area (Å²) in [4.78, 5) is 21.9. The molecule has 0 saturated carbocycles. The fraction of sp³-hybridized carbons (Fsp3) is 0.636. The summed E-state index contributed by atoms with van der Waals surface area (Å²) in [7, 11) is 0. The summed E-state index contributed by atoms with van der Waals surface area (Å²) in [6.07, 6.45) is 1.27. The Morgan fingerprint density at radius 3 is 2.85 bits per heavy atom. The Morgan fingerprint density at radius 1 is 1.45 bits per heavy atom. The molecule has 0 saturated heterocycles. The van der Waals surface area contributed by atoms with Crippen LogP contribution in [0.15, 0.2) is 4.34 Å². The summed E-state index contributed by atoms with van der Waals surface area (Å²) in [5, 5.41) is 22.7. The lowest BCUT2D eigenvalue weighted by atomic mass is 10.2. The van der Waals surface area contributed by atoms with Gasteiger partial charge in [-0.25, -0.2) is 0 Å². The molecule has 0 aliphatic carbocycles. The Morgan fingerprint density at radius 2 is 2.20 bits per heavy atom. The third kappa shape index (κ3) is 6.71. The maximum absolute atomic E-state index is 11.5. The van der Waals surface area contributed by atoms with Crippen molar-refractivity contribution in [1.82, 2.24) is 15.5 Å². The standard InChI is InChI=1S/C11H18N4O3S2/c1-3-7(2)13-8(16)4-5-12-10-14-15-11(20-10)19-6-9(17)18/h7H,3-6H2,1-2H3,(H,12,14)(H,13,16)(H,17,18). The minimum Gasteiger partial charge on any atom is -0.481 e. The molecule has 0 fully saturated rings. The van der Waals surface area contributed by atoms with Crippen LogP contribution in [-0.4, -0.2) is 45.5 Å². The molecule has 20 heavy (non-hydrogen) atoms. The first-order chi connectivity index (χ1) is 9.51. The topological polar surface area (TPSA) is 104 Å². The summed E-state index contributed by atoms with van der Waals surface area (Å²) < 4.78 is 0.596. The van der Waals surface area contributed by atoms with E-state index >= 15 is 0 Å². The maximum Gasteiger partial charge on any atom is 0.313 e. The first-order valence-electron chi connectivity index (χ1n) is 6.22. The maximum atomic E-state index is 11.5. The number of carbonyl (C=O) groups excluding carboxylic acids is 1. The molecule has 0 aromatic carbocycles. The van der Waals surface area contributed by atoms with E-state index in [4.69, 9.17) is 5.11 Å². The van der Waals surface area contributed by atoms with Gasteiger partial charge in [-0.3, -0.25) is 9.59 Å². The minimum atomic E-state index is -0.888. The molecule has 1 amide bonds. The molecule has 0 aliphatic rings. The highest BCUT2D eigenvalue weighted by molar-refractivity contribution is 8.01. The summed E-state index contributed by atoms with van der Waals surface area (Å²) in [6, 6.07) is 0.183. The van der Waals surface area contributed by atoms with Gasteiger partial charge in [-0.1, -0.05) is 30.0 Å². The highest BCUT2D eigenvalue weighted by Crippen LogP contribution is 2.24. The second-order valence-electron chi connectivity index (χ2n) is 4.11. The fourth-order valence-electron chi connectivity index (χ4n) is 1.20. The molecule has 1 aromatic rings. The third-order valence-corrected chi connectivity index (χ3v) is 4.37. The Bertz CT molecular complexity index is 453. The average molecular weight is 318 g/mol. The van der Waals surface area contributed by atoms with Crippen molar-refractivity contribution in [1.29, 1.82) is 0 Å². The van der Waals surface area contributed by atoms with Crippen molar-refractivity contribution in [3.63, 3.8) is 0 Å². The van der Waals surface area contributed by atoms with E-state index in [-0.39, 0.29) is 17.7 Å². The SMILES string of the molecule is CCC(C)NC(=O)CCNc1nnc(SCC(=O)O)s1. The van der Waals surface area contributed by atoms with Crippen LogP contribution in [0.5, 0.6) is 0 Å². The number of anilines is 1. The summed E-state index contributed by atoms with van der Waals surface area (Å²) in [5.41, 5.74) is 0. The van der Waals surface area contributed by atoms with Gasteiger partial charge in [0.05, 0.1) is 5.75 Å². The second kappa shape index (κ2) is 8.75. The number of hydrogen-bond donors (Lipinski definition) is 3. The Hall–Kier alpha value is -1.35. The molecule has 1 aromatic heterocycles. The Labute approximate surface area is 125 Å². The normalized spacial score (nSPS) is 11.9. The number of rotatable bonds is 9. The van der Waals surface area contributed by atoms with Crippen molar-refractivity contribution < 1.29 is 14.7 Å². The molecule has 1 rings (SSSR count). The summed E-state index contributed by atoms with van der Waals surface area (Å²) in [5.74, 6) is -0.926. The monoisotopic (exact) mass is 318 g/mol. The molecule has 7 nitrogen and oxygen atoms in total. The van der Waals surface area contributed by atoms with Gasteiger partial charge < -0.3 is 15.7 Å². The molecular formula is C11H18N4O3S2. The number of aromatic nitrogens is 2. The highest BCUT2D eigenvalue weighted by atomic mass is 32.2. The van der Waals surface area contributed by atoms with E-state index in [2.05, 4.69) is 20.8 Å². The number of carbonyl (C=O) groups is 2. The van der Waals surface area contributed by atoms with Crippen molar-refractivity contribution in [2.24, 2.45) is 0 Å². The smallest absolute Gasteiger partial charge is 0.313 e. The van der Waals surface area contributed by atoms with Crippen molar-refractivity contribution >= 4 is 40.1 Å². The first-order valence-corrected chi connectivity index (χ1v) is 8.02. The lowest BCUT2D eigenvalue weighted by Crippen LogP contribution is -2.32. The van der Waals surface area contributed by atoms with Gasteiger partial charge >= 0.3 is 5.97 Å². The number of thioether (sulfide) groups is 1. The highest BCUT2D eigenvalue weighted by Gasteiger charge is 2.08. The van der Waals surface area contributed by atoms with E-state index in [1.807, 2.05) is 13.8 Å². The van der Waals surface area contributed by atoms with Crippen LogP contribution < -0.4 is 10.6 Å². The van der Waals surface area contributed by atoms with Gasteiger partial charge in [0.1, 0.15) is 0 Å². The molecule has 0 spiro atoms. The average Bonchev–Trinajstić information content (AvgIpc) is 2.84. The fourth-order valence-corrected chi connectivity index (χ4v) is 2.69. The van der Waals surface area contributed by atoms with Gasteiger partial charge in [0, 0.05) is 19.0 Å². The van der Waals surface area contributed by atoms with Crippen LogP contribution in [0.25, 0.3) is 0 Å². The van der Waals surface area contributed by atoms with Crippen molar-refractivity contribution in [2.45, 2.75) is 37.1 Å². The van der Waals surface area contributed by atoms with Gasteiger partial charge in [-0.15, -0.1) is 10.2 Å². The van der Waals surface area contributed by atoms with Crippen LogP contribution in [0.3, 0.4) is 0 Å². The Balaban J connectivity index is 2.25. The second-order valence-corrected chi connectivity index (χ2v) is 6.31. The number of amides is 1. The van der Waals surface area contributed by atoms with Crippen LogP contribution in [0.4, 0.5) is 5.13 Å². The van der Waals surface area contributed by atoms with Crippen molar-refractivity contribution in [2.75, 3.05) is 17.6 Å². The van der Waals surface area contributed by atoms with Crippen molar-refractivity contribution in [3.05, 3.63) is 0 Å². The quantitative estimate of drug-likeness (QED) is 0.592. The van der Waals surface area contributed by atoms with Gasteiger partial charge in [-0.2, -0.15) is 0 Å². The van der Waals surface area contributed by atoms with Crippen LogP contribution in [0.1, 0.15) is 26.7 Å². The summed E-state index contributed by atoms with van der Waals surface area (Å²) >= 11 is 2.41. The van der Waals surface area contributed by atoms with E-state index in [0.717, 1.165) is 18.2 Å². The van der Waals surface area contributed by atoms with Gasteiger partial charge in [0.25, 0.3) is 0 Å². The minimum absolute atomic E-state index is 0.00293. The van der Waals surface area contributed by atoms with Gasteiger partial charge in [0.2, 0.25) is 11.0 Å². The van der Waals surface area contributed by atoms with Gasteiger partial charge in [-0.05, 0) is 13.3 Å². The summed E-state index contributed by atoms with van der Waals surface area (Å²) in [6.45, 7) is 4.45. The van der Waals surface area contributed by atoms with E-state index in [1.165, 1.54) is 11.3 Å². The number of aliphatic carboxylic acids is 1. The largest absolute Gasteiger partial charge is 0.481 e. The van der Waals surface area contributed by atoms with E-state index in [1.54, 1.807) is 0 Å². The molecular weight excluding hydrogens is 300 g/mol. The zero-order valence-electron chi connectivity index (χ0n) is 11.4. The lowest BCUT2D eigenvalue weighted by molar-refractivity contribution is -0.134. The third-order valence-electron chi connectivity index (χ3n) is 2.37. The van der Waals surface area contributed by atoms with Crippen molar-refractivity contribution in [3.8, 4) is 0 Å². The lowest BCUT2D eigenvalue weighted by Gasteiger charge is -2.10. The molecule has 0 bridgehead atoms. The first kappa shape index (κ1) is 16.7. The number of nitrogens with zero attached hydrogens (tertiary/aromatic N) is 2. The zero-order valence-corrected chi connectivity index (χ0v) is 13.0. The molecule has 9 heteroatoms. The number of carboxylic acid groups (broad SMARTS) is 1. The van der Waals surface area contributed by atoms with E-state index in [0.29, 0.717) is 22.4 Å². The number of hydrogen-bond acceptors (Lipinski definition) is 7. The van der Waals surface area contributed by atoms with Crippen LogP contribution in [0, 0.1) is 0 Å². The van der Waals surface area contributed by atoms with E-state index in [9.17, 15) is 9.59 Å². The Kier molecular flexibility index (Phi) is 7.31. The van der Waals surface area contributed by atoms with Crippen LogP contribution >= 0.6 is 23.1 Å². The van der Waals surface area contributed by atoms with Gasteiger partial charge in [0.15, 0.2) is 4.34 Å². The molecule has 0 aliphatic heterocycles. The number of nitrogens with one attached hydrogen (secondary N) is 2. The molecule has 112 valence electrons. The molecule has 1 unspecified atom stereocenters.